The van der Waals surface area contributed by atoms with Gasteiger partial charge in [-0.15, -0.1) is 0 Å². The van der Waals surface area contributed by atoms with Gasteiger partial charge in [0.15, 0.2) is 6.10 Å². The van der Waals surface area contributed by atoms with Gasteiger partial charge in [-0.05, 0) is 49.7 Å². The van der Waals surface area contributed by atoms with Gasteiger partial charge in [-0.2, -0.15) is 0 Å². The lowest BCUT2D eigenvalue weighted by atomic mass is 10.2. The molecule has 4 nitrogen and oxygen atoms in total. The van der Waals surface area contributed by atoms with Crippen LogP contribution in [0, 0.1) is 6.92 Å². The van der Waals surface area contributed by atoms with Gasteiger partial charge in [-0.1, -0.05) is 23.7 Å². The van der Waals surface area contributed by atoms with E-state index in [9.17, 15) is 4.79 Å². The van der Waals surface area contributed by atoms with Crippen molar-refractivity contribution in [2.45, 2.75) is 20.0 Å². The predicted octanol–water partition coefficient (Wildman–Crippen LogP) is 3.64. The fourth-order valence-corrected chi connectivity index (χ4v) is 2.09. The SMILES string of the molecule is Cc1ccc(OC(C)C(=O)Nc2cccc(N)c2)c(Cl)c1. The van der Waals surface area contributed by atoms with Crippen molar-refractivity contribution < 1.29 is 9.53 Å². The van der Waals surface area contributed by atoms with Crippen molar-refractivity contribution in [3.05, 3.63) is 53.1 Å². The second kappa shape index (κ2) is 6.50. The van der Waals surface area contributed by atoms with Crippen LogP contribution in [0.1, 0.15) is 12.5 Å². The highest BCUT2D eigenvalue weighted by atomic mass is 35.5. The van der Waals surface area contributed by atoms with Crippen LogP contribution in [0.3, 0.4) is 0 Å². The zero-order valence-electron chi connectivity index (χ0n) is 11.9. The van der Waals surface area contributed by atoms with Gasteiger partial charge in [0.05, 0.1) is 5.02 Å². The van der Waals surface area contributed by atoms with Gasteiger partial charge < -0.3 is 15.8 Å². The van der Waals surface area contributed by atoms with Crippen molar-refractivity contribution in [2.75, 3.05) is 11.1 Å². The van der Waals surface area contributed by atoms with E-state index in [2.05, 4.69) is 5.32 Å². The number of aryl methyl sites for hydroxylation is 1. The standard InChI is InChI=1S/C16H17ClN2O2/c1-10-6-7-15(14(17)8-10)21-11(2)16(20)19-13-5-3-4-12(18)9-13/h3-9,11H,18H2,1-2H3,(H,19,20). The smallest absolute Gasteiger partial charge is 0.265 e. The highest BCUT2D eigenvalue weighted by Crippen LogP contribution is 2.26. The number of benzene rings is 2. The maximum atomic E-state index is 12.1. The molecule has 0 aliphatic rings. The summed E-state index contributed by atoms with van der Waals surface area (Å²) in [6.07, 6.45) is -0.674. The number of nitrogens with two attached hydrogens (primary N) is 1. The molecule has 21 heavy (non-hydrogen) atoms. The molecular weight excluding hydrogens is 288 g/mol. The van der Waals surface area contributed by atoms with E-state index in [-0.39, 0.29) is 5.91 Å². The van der Waals surface area contributed by atoms with E-state index in [0.717, 1.165) is 5.56 Å². The molecule has 1 amide bonds. The van der Waals surface area contributed by atoms with Crippen LogP contribution < -0.4 is 15.8 Å². The van der Waals surface area contributed by atoms with Crippen LogP contribution in [0.5, 0.6) is 5.75 Å². The summed E-state index contributed by atoms with van der Waals surface area (Å²) in [6, 6.07) is 12.4. The minimum absolute atomic E-state index is 0.266. The zero-order chi connectivity index (χ0) is 15.4. The Morgan fingerprint density at radius 3 is 2.71 bits per heavy atom. The number of nitrogens with one attached hydrogen (secondary N) is 1. The summed E-state index contributed by atoms with van der Waals surface area (Å²) in [5.74, 6) is 0.217. The first-order valence-electron chi connectivity index (χ1n) is 6.55. The van der Waals surface area contributed by atoms with Crippen LogP contribution in [0.15, 0.2) is 42.5 Å². The largest absolute Gasteiger partial charge is 0.479 e. The topological polar surface area (TPSA) is 64.3 Å². The highest BCUT2D eigenvalue weighted by molar-refractivity contribution is 6.32. The molecule has 0 aliphatic carbocycles. The molecule has 0 fully saturated rings. The number of anilines is 2. The van der Waals surface area contributed by atoms with Gasteiger partial charge in [0.25, 0.3) is 5.91 Å². The maximum Gasteiger partial charge on any atom is 0.265 e. The third-order valence-electron chi connectivity index (χ3n) is 2.91. The summed E-state index contributed by atoms with van der Waals surface area (Å²) in [6.45, 7) is 3.60. The highest BCUT2D eigenvalue weighted by Gasteiger charge is 2.16. The van der Waals surface area contributed by atoms with Crippen LogP contribution in [-0.4, -0.2) is 12.0 Å². The number of ether oxygens (including phenoxy) is 1. The minimum Gasteiger partial charge on any atom is -0.479 e. The second-order valence-corrected chi connectivity index (χ2v) is 5.22. The van der Waals surface area contributed by atoms with E-state index in [0.29, 0.717) is 22.1 Å². The molecule has 1 unspecified atom stereocenters. The average molecular weight is 305 g/mol. The Morgan fingerprint density at radius 2 is 2.05 bits per heavy atom. The molecule has 110 valence electrons. The molecule has 2 aromatic rings. The Labute approximate surface area is 128 Å². The normalized spacial score (nSPS) is 11.8. The molecular formula is C16H17ClN2O2. The number of hydrogen-bond donors (Lipinski definition) is 2. The number of hydrogen-bond acceptors (Lipinski definition) is 3. The molecule has 0 radical (unpaired) electrons. The molecule has 0 saturated carbocycles. The molecule has 2 aromatic carbocycles. The van der Waals surface area contributed by atoms with Crippen molar-refractivity contribution in [1.29, 1.82) is 0 Å². The Hall–Kier alpha value is -2.20. The molecule has 3 N–H and O–H groups in total. The lowest BCUT2D eigenvalue weighted by Gasteiger charge is -2.16. The van der Waals surface area contributed by atoms with Crippen molar-refractivity contribution in [3.63, 3.8) is 0 Å². The Bertz CT molecular complexity index is 658. The zero-order valence-corrected chi connectivity index (χ0v) is 12.6. The predicted molar refractivity (Wildman–Crippen MR) is 85.8 cm³/mol. The second-order valence-electron chi connectivity index (χ2n) is 4.81. The lowest BCUT2D eigenvalue weighted by Crippen LogP contribution is -2.30. The third-order valence-corrected chi connectivity index (χ3v) is 3.21. The van der Waals surface area contributed by atoms with Gasteiger partial charge in [0.1, 0.15) is 5.75 Å². The molecule has 0 bridgehead atoms. The summed E-state index contributed by atoms with van der Waals surface area (Å²) in [7, 11) is 0. The number of nitrogen functional groups attached to an aromatic ring is 1. The van der Waals surface area contributed by atoms with Gasteiger partial charge in [0.2, 0.25) is 0 Å². The Balaban J connectivity index is 2.02. The van der Waals surface area contributed by atoms with Crippen LogP contribution in [-0.2, 0) is 4.79 Å². The molecule has 1 atom stereocenters. The third kappa shape index (κ3) is 4.13. The monoisotopic (exact) mass is 304 g/mol. The van der Waals surface area contributed by atoms with Crippen molar-refractivity contribution in [1.82, 2.24) is 0 Å². The van der Waals surface area contributed by atoms with E-state index in [4.69, 9.17) is 22.1 Å². The van der Waals surface area contributed by atoms with Crippen molar-refractivity contribution >= 4 is 28.9 Å². The van der Waals surface area contributed by atoms with Crippen LogP contribution in [0.2, 0.25) is 5.02 Å². The molecule has 0 heterocycles. The lowest BCUT2D eigenvalue weighted by molar-refractivity contribution is -0.122. The average Bonchev–Trinajstić information content (AvgIpc) is 2.41. The van der Waals surface area contributed by atoms with Gasteiger partial charge in [-0.3, -0.25) is 4.79 Å². The quantitative estimate of drug-likeness (QED) is 0.848. The van der Waals surface area contributed by atoms with Crippen LogP contribution in [0.4, 0.5) is 11.4 Å². The number of rotatable bonds is 4. The summed E-state index contributed by atoms with van der Waals surface area (Å²) >= 11 is 6.09. The number of halogens is 1. The number of carbonyl (C=O) groups is 1. The van der Waals surface area contributed by atoms with E-state index in [1.807, 2.05) is 13.0 Å². The van der Waals surface area contributed by atoms with E-state index in [1.165, 1.54) is 0 Å². The first-order valence-corrected chi connectivity index (χ1v) is 6.92. The molecule has 0 aromatic heterocycles. The van der Waals surface area contributed by atoms with Crippen molar-refractivity contribution in [2.24, 2.45) is 0 Å². The summed E-state index contributed by atoms with van der Waals surface area (Å²) in [4.78, 5) is 12.1. The van der Waals surface area contributed by atoms with Crippen LogP contribution in [0.25, 0.3) is 0 Å². The van der Waals surface area contributed by atoms with Gasteiger partial charge >= 0.3 is 0 Å². The molecule has 0 saturated heterocycles. The Morgan fingerprint density at radius 1 is 1.29 bits per heavy atom. The summed E-state index contributed by atoms with van der Waals surface area (Å²) in [5, 5.41) is 3.23. The fourth-order valence-electron chi connectivity index (χ4n) is 1.81. The van der Waals surface area contributed by atoms with Crippen molar-refractivity contribution in [3.8, 4) is 5.75 Å². The van der Waals surface area contributed by atoms with E-state index >= 15 is 0 Å². The molecule has 5 heteroatoms. The Kier molecular flexibility index (Phi) is 4.70. The molecule has 0 aliphatic heterocycles. The summed E-state index contributed by atoms with van der Waals surface area (Å²) < 4.78 is 5.59. The van der Waals surface area contributed by atoms with E-state index < -0.39 is 6.10 Å². The summed E-state index contributed by atoms with van der Waals surface area (Å²) in [5.41, 5.74) is 7.92. The van der Waals surface area contributed by atoms with Crippen LogP contribution >= 0.6 is 11.6 Å². The first kappa shape index (κ1) is 15.2. The van der Waals surface area contributed by atoms with Gasteiger partial charge in [-0.25, -0.2) is 0 Å². The molecule has 0 spiro atoms. The fraction of sp³-hybridized carbons (Fsp3) is 0.188. The number of amides is 1. The molecule has 2 rings (SSSR count). The first-order chi connectivity index (χ1) is 9.95. The maximum absolute atomic E-state index is 12.1. The number of carbonyl (C=O) groups excluding carboxylic acids is 1. The van der Waals surface area contributed by atoms with E-state index in [1.54, 1.807) is 43.3 Å². The minimum atomic E-state index is -0.674. The van der Waals surface area contributed by atoms with Gasteiger partial charge in [0, 0.05) is 11.4 Å².